The maximum Gasteiger partial charge on any atom is 0.248 e. The Labute approximate surface area is 230 Å². The summed E-state index contributed by atoms with van der Waals surface area (Å²) in [4.78, 5) is 29.5. The summed E-state index contributed by atoms with van der Waals surface area (Å²) in [6, 6.07) is 9.15. The molecule has 1 aliphatic carbocycles. The van der Waals surface area contributed by atoms with Gasteiger partial charge in [-0.05, 0) is 60.9 Å². The van der Waals surface area contributed by atoms with E-state index in [0.717, 1.165) is 23.1 Å². The standard InChI is InChI=1S/C25H33F2N3O.C5H9NO2/c1-17-12-15-28-16-21(17)22(23(31)29-19-10-13-25(26,27)14-11-19)30(5)20-8-6-18(7-9-20)24(2,3)4;7-3-4-1-5(8)2-6-4/h6-9,12,15-16,19,22H,10-11,13-14H2,1-5H3,(H,29,31);3-6,8H,1-2H2. The molecule has 1 saturated carbocycles. The molecule has 2 heterocycles. The number of aliphatic hydroxyl groups excluding tert-OH is 1. The van der Waals surface area contributed by atoms with Crippen LogP contribution in [0.2, 0.25) is 0 Å². The highest BCUT2D eigenvalue weighted by atomic mass is 19.3. The smallest absolute Gasteiger partial charge is 0.248 e. The van der Waals surface area contributed by atoms with E-state index < -0.39 is 12.0 Å². The number of nitrogens with one attached hydrogen (secondary N) is 2. The first kappa shape index (κ1) is 30.6. The van der Waals surface area contributed by atoms with Gasteiger partial charge in [-0.2, -0.15) is 0 Å². The molecule has 214 valence electrons. The number of carbonyl (C=O) groups is 2. The van der Waals surface area contributed by atoms with E-state index in [-0.39, 0.29) is 42.4 Å². The van der Waals surface area contributed by atoms with Crippen LogP contribution in [0.15, 0.2) is 42.7 Å². The number of alkyl halides is 2. The zero-order valence-electron chi connectivity index (χ0n) is 23.6. The summed E-state index contributed by atoms with van der Waals surface area (Å²) < 4.78 is 27.1. The molecular formula is C30H42F2N4O3. The molecular weight excluding hydrogens is 502 g/mol. The van der Waals surface area contributed by atoms with E-state index in [0.29, 0.717) is 25.8 Å². The highest BCUT2D eigenvalue weighted by Crippen LogP contribution is 2.34. The lowest BCUT2D eigenvalue weighted by molar-refractivity contribution is -0.124. The minimum Gasteiger partial charge on any atom is -0.392 e. The molecule has 1 amide bonds. The molecule has 1 aliphatic heterocycles. The van der Waals surface area contributed by atoms with Gasteiger partial charge in [-0.1, -0.05) is 32.9 Å². The third-order valence-electron chi connectivity index (χ3n) is 7.52. The summed E-state index contributed by atoms with van der Waals surface area (Å²) in [5, 5.41) is 14.7. The second kappa shape index (κ2) is 13.0. The van der Waals surface area contributed by atoms with Crippen LogP contribution in [0.1, 0.15) is 75.6 Å². The number of benzene rings is 1. The highest BCUT2D eigenvalue weighted by Gasteiger charge is 2.37. The average molecular weight is 545 g/mol. The van der Waals surface area contributed by atoms with Crippen molar-refractivity contribution >= 4 is 17.9 Å². The second-order valence-electron chi connectivity index (χ2n) is 11.7. The number of β-amino-alcohol motifs (C(OH)–C–C–N with tert-alkyl or cyclic N) is 1. The molecule has 2 aliphatic rings. The summed E-state index contributed by atoms with van der Waals surface area (Å²) >= 11 is 0. The lowest BCUT2D eigenvalue weighted by atomic mass is 9.87. The van der Waals surface area contributed by atoms with E-state index in [2.05, 4.69) is 48.5 Å². The SMILES string of the molecule is Cc1ccncc1C(C(=O)NC1CCC(F)(F)CC1)N(C)c1ccc(C(C)(C)C)cc1.O=CC1CC(O)CN1. The van der Waals surface area contributed by atoms with Crippen molar-refractivity contribution in [3.8, 4) is 0 Å². The van der Waals surface area contributed by atoms with Gasteiger partial charge in [0.15, 0.2) is 0 Å². The molecule has 3 unspecified atom stereocenters. The lowest BCUT2D eigenvalue weighted by Crippen LogP contribution is -2.46. The van der Waals surface area contributed by atoms with Crippen molar-refractivity contribution in [3.05, 3.63) is 59.4 Å². The second-order valence-corrected chi connectivity index (χ2v) is 11.7. The van der Waals surface area contributed by atoms with E-state index in [1.54, 1.807) is 12.4 Å². The number of anilines is 1. The summed E-state index contributed by atoms with van der Waals surface area (Å²) in [6.45, 7) is 9.00. The van der Waals surface area contributed by atoms with Gasteiger partial charge in [0.1, 0.15) is 12.3 Å². The number of carbonyl (C=O) groups excluding carboxylic acids is 2. The highest BCUT2D eigenvalue weighted by molar-refractivity contribution is 5.87. The van der Waals surface area contributed by atoms with E-state index in [1.165, 1.54) is 5.56 Å². The number of pyridine rings is 1. The molecule has 0 spiro atoms. The van der Waals surface area contributed by atoms with E-state index in [4.69, 9.17) is 5.11 Å². The van der Waals surface area contributed by atoms with Crippen molar-refractivity contribution in [1.82, 2.24) is 15.6 Å². The number of likely N-dealkylation sites (N-methyl/N-ethyl adjacent to an activating group) is 1. The topological polar surface area (TPSA) is 94.6 Å². The minimum atomic E-state index is -2.62. The van der Waals surface area contributed by atoms with E-state index in [1.807, 2.05) is 37.1 Å². The van der Waals surface area contributed by atoms with Crippen LogP contribution in [0, 0.1) is 6.92 Å². The number of aliphatic hydroxyl groups is 1. The Morgan fingerprint density at radius 3 is 2.33 bits per heavy atom. The molecule has 9 heteroatoms. The first-order chi connectivity index (χ1) is 18.3. The number of rotatable bonds is 6. The van der Waals surface area contributed by atoms with Gasteiger partial charge in [-0.25, -0.2) is 8.78 Å². The van der Waals surface area contributed by atoms with E-state index >= 15 is 0 Å². The fourth-order valence-corrected chi connectivity index (χ4v) is 4.95. The monoisotopic (exact) mass is 544 g/mol. The van der Waals surface area contributed by atoms with Gasteiger partial charge in [0.2, 0.25) is 11.8 Å². The molecule has 0 bridgehead atoms. The largest absolute Gasteiger partial charge is 0.392 e. The number of aldehydes is 1. The Bertz CT molecular complexity index is 1090. The van der Waals surface area contributed by atoms with Crippen molar-refractivity contribution in [1.29, 1.82) is 0 Å². The first-order valence-corrected chi connectivity index (χ1v) is 13.6. The Kier molecular flexibility index (Phi) is 10.2. The number of aryl methyl sites for hydroxylation is 1. The predicted octanol–water partition coefficient (Wildman–Crippen LogP) is 4.47. The van der Waals surface area contributed by atoms with Crippen LogP contribution in [0.25, 0.3) is 0 Å². The lowest BCUT2D eigenvalue weighted by Gasteiger charge is -2.34. The van der Waals surface area contributed by atoms with Gasteiger partial charge in [-0.15, -0.1) is 0 Å². The molecule has 2 aromatic rings. The van der Waals surface area contributed by atoms with Crippen LogP contribution >= 0.6 is 0 Å². The van der Waals surface area contributed by atoms with Crippen molar-refractivity contribution in [2.45, 2.75) is 95.4 Å². The molecule has 1 aromatic carbocycles. The fraction of sp³-hybridized carbons (Fsp3) is 0.567. The zero-order valence-corrected chi connectivity index (χ0v) is 23.6. The molecule has 1 saturated heterocycles. The molecule has 2 fully saturated rings. The third kappa shape index (κ3) is 8.54. The van der Waals surface area contributed by atoms with Crippen LogP contribution in [0.4, 0.5) is 14.5 Å². The fourth-order valence-electron chi connectivity index (χ4n) is 4.95. The van der Waals surface area contributed by atoms with Gasteiger partial charge in [-0.3, -0.25) is 9.78 Å². The van der Waals surface area contributed by atoms with Crippen molar-refractivity contribution in [2.75, 3.05) is 18.5 Å². The normalized spacial score (nSPS) is 21.8. The van der Waals surface area contributed by atoms with Crippen LogP contribution in [0.3, 0.4) is 0 Å². The molecule has 1 aromatic heterocycles. The van der Waals surface area contributed by atoms with Crippen molar-refractivity contribution < 1.29 is 23.5 Å². The maximum absolute atomic E-state index is 13.5. The quantitative estimate of drug-likeness (QED) is 0.465. The van der Waals surface area contributed by atoms with Gasteiger partial charge >= 0.3 is 0 Å². The predicted molar refractivity (Wildman–Crippen MR) is 149 cm³/mol. The zero-order chi connectivity index (χ0) is 28.8. The molecule has 7 nitrogen and oxygen atoms in total. The number of hydrogen-bond donors (Lipinski definition) is 3. The summed E-state index contributed by atoms with van der Waals surface area (Å²) in [5.41, 5.74) is 3.93. The molecule has 0 radical (unpaired) electrons. The Morgan fingerprint density at radius 2 is 1.85 bits per heavy atom. The van der Waals surface area contributed by atoms with E-state index in [9.17, 15) is 18.4 Å². The van der Waals surface area contributed by atoms with Crippen LogP contribution in [-0.2, 0) is 15.0 Å². The number of halogens is 2. The molecule has 4 rings (SSSR count). The maximum atomic E-state index is 13.5. The number of nitrogens with zero attached hydrogens (tertiary/aromatic N) is 2. The molecule has 3 atom stereocenters. The summed E-state index contributed by atoms with van der Waals surface area (Å²) in [7, 11) is 1.89. The van der Waals surface area contributed by atoms with Crippen LogP contribution in [-0.4, -0.2) is 60.0 Å². The first-order valence-electron chi connectivity index (χ1n) is 13.6. The number of amides is 1. The van der Waals surface area contributed by atoms with Crippen LogP contribution in [0.5, 0.6) is 0 Å². The summed E-state index contributed by atoms with van der Waals surface area (Å²) in [6.07, 6.45) is 4.73. The number of hydrogen-bond acceptors (Lipinski definition) is 6. The minimum absolute atomic E-state index is 0.0386. The van der Waals surface area contributed by atoms with Gasteiger partial charge in [0.05, 0.1) is 12.1 Å². The Hall–Kier alpha value is -2.91. The third-order valence-corrected chi connectivity index (χ3v) is 7.52. The summed E-state index contributed by atoms with van der Waals surface area (Å²) in [5.74, 6) is -2.81. The van der Waals surface area contributed by atoms with Gasteiger partial charge < -0.3 is 25.4 Å². The van der Waals surface area contributed by atoms with Gasteiger partial charge in [0.25, 0.3) is 0 Å². The van der Waals surface area contributed by atoms with Crippen molar-refractivity contribution in [2.24, 2.45) is 0 Å². The molecule has 39 heavy (non-hydrogen) atoms. The van der Waals surface area contributed by atoms with Gasteiger partial charge in [0, 0.05) is 56.1 Å². The Balaban J connectivity index is 0.000000449. The van der Waals surface area contributed by atoms with Crippen LogP contribution < -0.4 is 15.5 Å². The molecule has 3 N–H and O–H groups in total. The average Bonchev–Trinajstić information content (AvgIpc) is 3.32. The van der Waals surface area contributed by atoms with Crippen molar-refractivity contribution in [3.63, 3.8) is 0 Å². The number of aromatic nitrogens is 1. The Morgan fingerprint density at radius 1 is 1.21 bits per heavy atom.